The van der Waals surface area contributed by atoms with E-state index in [4.69, 9.17) is 5.11 Å². The van der Waals surface area contributed by atoms with Gasteiger partial charge in [0, 0.05) is 0 Å². The zero-order chi connectivity index (χ0) is 19.6. The Hall–Kier alpha value is -3.07. The van der Waals surface area contributed by atoms with Crippen molar-refractivity contribution in [3.8, 4) is 0 Å². The van der Waals surface area contributed by atoms with Gasteiger partial charge in [-0.3, -0.25) is 4.79 Å². The van der Waals surface area contributed by atoms with Gasteiger partial charge in [-0.1, -0.05) is 18.2 Å². The Morgan fingerprint density at radius 2 is 1.85 bits per heavy atom. The minimum atomic E-state index is -4.48. The molecule has 0 aromatic heterocycles. The second-order valence-corrected chi connectivity index (χ2v) is 6.49. The number of carbonyl (C=O) groups is 2. The minimum Gasteiger partial charge on any atom is -0.478 e. The number of nitrogens with zero attached hydrogens (tertiary/aromatic N) is 1. The van der Waals surface area contributed by atoms with E-state index in [9.17, 15) is 22.8 Å². The fraction of sp³-hybridized carbons (Fsp3) is 0.0556. The van der Waals surface area contributed by atoms with Crippen molar-refractivity contribution in [1.29, 1.82) is 0 Å². The third-order valence-corrected chi connectivity index (χ3v) is 4.42. The van der Waals surface area contributed by atoms with E-state index in [1.807, 2.05) is 0 Å². The fourth-order valence-corrected chi connectivity index (χ4v) is 3.06. The quantitative estimate of drug-likeness (QED) is 0.764. The summed E-state index contributed by atoms with van der Waals surface area (Å²) in [6.07, 6.45) is -2.93. The van der Waals surface area contributed by atoms with Crippen LogP contribution in [0.15, 0.2) is 58.4 Å². The van der Waals surface area contributed by atoms with Crippen molar-refractivity contribution in [3.05, 3.63) is 70.1 Å². The van der Waals surface area contributed by atoms with E-state index in [0.29, 0.717) is 10.5 Å². The number of halogens is 3. The van der Waals surface area contributed by atoms with Gasteiger partial charge < -0.3 is 10.4 Å². The Kier molecular flexibility index (Phi) is 5.04. The number of alkyl halides is 3. The first kappa shape index (κ1) is 18.7. The predicted molar refractivity (Wildman–Crippen MR) is 95.7 cm³/mol. The van der Waals surface area contributed by atoms with Gasteiger partial charge in [0.05, 0.1) is 21.7 Å². The first-order chi connectivity index (χ1) is 12.7. The summed E-state index contributed by atoms with van der Waals surface area (Å²) in [7, 11) is 0. The van der Waals surface area contributed by atoms with Crippen LogP contribution >= 0.6 is 11.8 Å². The lowest BCUT2D eigenvalue weighted by atomic mass is 10.1. The lowest BCUT2D eigenvalue weighted by Crippen LogP contribution is -2.19. The first-order valence-electron chi connectivity index (χ1n) is 7.52. The number of nitrogens with one attached hydrogen (secondary N) is 1. The third kappa shape index (κ3) is 4.56. The van der Waals surface area contributed by atoms with Crippen LogP contribution in [0.4, 0.5) is 18.9 Å². The maximum atomic E-state index is 12.8. The van der Waals surface area contributed by atoms with Crippen LogP contribution in [0.1, 0.15) is 21.5 Å². The Morgan fingerprint density at radius 3 is 2.48 bits per heavy atom. The van der Waals surface area contributed by atoms with Crippen molar-refractivity contribution < 1.29 is 27.9 Å². The number of aliphatic imine (C=N–C) groups is 1. The van der Waals surface area contributed by atoms with Crippen LogP contribution in [0, 0.1) is 0 Å². The fourth-order valence-electron chi connectivity index (χ4n) is 2.22. The molecule has 138 valence electrons. The van der Waals surface area contributed by atoms with Crippen molar-refractivity contribution in [1.82, 2.24) is 5.32 Å². The molecule has 0 atom stereocenters. The van der Waals surface area contributed by atoms with E-state index >= 15 is 0 Å². The number of hydrogen-bond acceptors (Lipinski definition) is 4. The topological polar surface area (TPSA) is 78.8 Å². The molecule has 1 aliphatic rings. The van der Waals surface area contributed by atoms with E-state index in [1.54, 1.807) is 18.2 Å². The summed E-state index contributed by atoms with van der Waals surface area (Å²) in [6, 6.07) is 10.4. The van der Waals surface area contributed by atoms with Crippen molar-refractivity contribution >= 4 is 40.6 Å². The normalized spacial score (nSPS) is 17.4. The van der Waals surface area contributed by atoms with Gasteiger partial charge in [0.2, 0.25) is 0 Å². The Bertz CT molecular complexity index is 967. The molecule has 1 fully saturated rings. The maximum absolute atomic E-state index is 12.8. The van der Waals surface area contributed by atoms with Crippen molar-refractivity contribution in [3.63, 3.8) is 0 Å². The molecule has 2 N–H and O–H groups in total. The third-order valence-electron chi connectivity index (χ3n) is 3.51. The van der Waals surface area contributed by atoms with Crippen LogP contribution in [0.5, 0.6) is 0 Å². The summed E-state index contributed by atoms with van der Waals surface area (Å²) in [5, 5.41) is 11.5. The van der Waals surface area contributed by atoms with Crippen LogP contribution in [0.2, 0.25) is 0 Å². The number of carboxylic acids is 1. The Morgan fingerprint density at radius 1 is 1.15 bits per heavy atom. The number of benzene rings is 2. The molecular formula is C18H11F3N2O3S. The zero-order valence-corrected chi connectivity index (χ0v) is 14.3. The number of carboxylic acid groups (broad SMARTS) is 1. The highest BCUT2D eigenvalue weighted by atomic mass is 32.2. The predicted octanol–water partition coefficient (Wildman–Crippen LogP) is 4.30. The molecule has 1 amide bonds. The van der Waals surface area contributed by atoms with Gasteiger partial charge in [-0.2, -0.15) is 13.2 Å². The lowest BCUT2D eigenvalue weighted by Gasteiger charge is -2.06. The Labute approximate surface area is 155 Å². The molecule has 1 aliphatic heterocycles. The number of rotatable bonds is 3. The van der Waals surface area contributed by atoms with Crippen molar-refractivity contribution in [2.75, 3.05) is 0 Å². The van der Waals surface area contributed by atoms with Gasteiger partial charge in [-0.25, -0.2) is 9.79 Å². The monoisotopic (exact) mass is 392 g/mol. The molecule has 0 spiro atoms. The number of carbonyl (C=O) groups excluding carboxylic acids is 1. The molecular weight excluding hydrogens is 381 g/mol. The van der Waals surface area contributed by atoms with Gasteiger partial charge >= 0.3 is 12.1 Å². The summed E-state index contributed by atoms with van der Waals surface area (Å²) in [5.74, 6) is -1.49. The average molecular weight is 392 g/mol. The summed E-state index contributed by atoms with van der Waals surface area (Å²) < 4.78 is 38.3. The van der Waals surface area contributed by atoms with E-state index < -0.39 is 23.6 Å². The molecule has 2 aromatic carbocycles. The highest BCUT2D eigenvalue weighted by molar-refractivity contribution is 8.18. The van der Waals surface area contributed by atoms with Gasteiger partial charge in [-0.15, -0.1) is 0 Å². The molecule has 27 heavy (non-hydrogen) atoms. The van der Waals surface area contributed by atoms with E-state index in [2.05, 4.69) is 10.3 Å². The first-order valence-corrected chi connectivity index (χ1v) is 8.34. The maximum Gasteiger partial charge on any atom is 0.416 e. The van der Waals surface area contributed by atoms with Crippen LogP contribution in [-0.4, -0.2) is 22.2 Å². The second-order valence-electron chi connectivity index (χ2n) is 5.46. The standard InChI is InChI=1S/C18H11F3N2O3S/c19-18(20,21)12-2-1-3-13(9-12)22-17-23-15(24)14(27-17)8-10-4-6-11(7-5-10)16(25)26/h1-9H,(H,25,26)(H,22,23,24)/b14-8-. The van der Waals surface area contributed by atoms with E-state index in [1.165, 1.54) is 24.3 Å². The summed E-state index contributed by atoms with van der Waals surface area (Å²) in [5.41, 5.74) is -0.0295. The molecule has 9 heteroatoms. The lowest BCUT2D eigenvalue weighted by molar-refractivity contribution is -0.137. The summed E-state index contributed by atoms with van der Waals surface area (Å²) in [6.45, 7) is 0. The van der Waals surface area contributed by atoms with Gasteiger partial charge in [0.15, 0.2) is 5.17 Å². The van der Waals surface area contributed by atoms with Gasteiger partial charge in [0.1, 0.15) is 0 Å². The molecule has 0 saturated carbocycles. The summed E-state index contributed by atoms with van der Waals surface area (Å²) >= 11 is 0.985. The molecule has 2 aromatic rings. The van der Waals surface area contributed by atoms with Crippen LogP contribution in [-0.2, 0) is 11.0 Å². The average Bonchev–Trinajstić information content (AvgIpc) is 2.94. The molecule has 0 radical (unpaired) electrons. The number of thioether (sulfide) groups is 1. The smallest absolute Gasteiger partial charge is 0.416 e. The highest BCUT2D eigenvalue weighted by Gasteiger charge is 2.30. The number of hydrogen-bond donors (Lipinski definition) is 2. The van der Waals surface area contributed by atoms with Crippen LogP contribution in [0.3, 0.4) is 0 Å². The van der Waals surface area contributed by atoms with Crippen LogP contribution in [0.25, 0.3) is 6.08 Å². The van der Waals surface area contributed by atoms with Crippen molar-refractivity contribution in [2.24, 2.45) is 4.99 Å². The van der Waals surface area contributed by atoms with E-state index in [-0.39, 0.29) is 16.4 Å². The largest absolute Gasteiger partial charge is 0.478 e. The molecule has 0 aliphatic carbocycles. The molecule has 0 unspecified atom stereocenters. The number of amides is 1. The molecule has 3 rings (SSSR count). The molecule has 5 nitrogen and oxygen atoms in total. The number of aromatic carboxylic acids is 1. The van der Waals surface area contributed by atoms with Gasteiger partial charge in [0.25, 0.3) is 5.91 Å². The molecule has 1 saturated heterocycles. The summed E-state index contributed by atoms with van der Waals surface area (Å²) in [4.78, 5) is 27.2. The SMILES string of the molecule is O=C1NC(=Nc2cccc(C(F)(F)F)c2)S/C1=C\c1ccc(C(=O)O)cc1. The molecule has 1 heterocycles. The highest BCUT2D eigenvalue weighted by Crippen LogP contribution is 2.33. The van der Waals surface area contributed by atoms with Crippen LogP contribution < -0.4 is 5.32 Å². The van der Waals surface area contributed by atoms with Crippen molar-refractivity contribution in [2.45, 2.75) is 6.18 Å². The molecule has 0 bridgehead atoms. The zero-order valence-electron chi connectivity index (χ0n) is 13.4. The second kappa shape index (κ2) is 7.28. The minimum absolute atomic E-state index is 0.0692. The number of amidine groups is 1. The van der Waals surface area contributed by atoms with Gasteiger partial charge in [-0.05, 0) is 53.7 Å². The van der Waals surface area contributed by atoms with E-state index in [0.717, 1.165) is 23.9 Å². The Balaban J connectivity index is 1.81.